The molecule has 3 rings (SSSR count). The summed E-state index contributed by atoms with van der Waals surface area (Å²) in [7, 11) is 0. The Bertz CT molecular complexity index is 836. The molecule has 112 valence electrons. The third-order valence-corrected chi connectivity index (χ3v) is 4.91. The number of hydrogen-bond donors (Lipinski definition) is 3. The third kappa shape index (κ3) is 2.74. The largest absolute Gasteiger partial charge is 0.410 e. The lowest BCUT2D eigenvalue weighted by atomic mass is 10.1. The fourth-order valence-electron chi connectivity index (χ4n) is 2.06. The number of amides is 3. The van der Waals surface area contributed by atoms with Crippen molar-refractivity contribution in [3.8, 4) is 15.5 Å². The van der Waals surface area contributed by atoms with Gasteiger partial charge >= 0.3 is 12.1 Å². The third-order valence-electron chi connectivity index (χ3n) is 2.90. The molecule has 0 aliphatic heterocycles. The maximum atomic E-state index is 11.1. The summed E-state index contributed by atoms with van der Waals surface area (Å²) < 4.78 is 6.07. The minimum absolute atomic E-state index is 0.205. The quantitative estimate of drug-likeness (QED) is 0.681. The van der Waals surface area contributed by atoms with Crippen molar-refractivity contribution in [1.82, 2.24) is 0 Å². The number of rotatable bonds is 3. The summed E-state index contributed by atoms with van der Waals surface area (Å²) in [5.74, 6) is 0. The van der Waals surface area contributed by atoms with E-state index < -0.39 is 12.1 Å². The van der Waals surface area contributed by atoms with E-state index in [0.717, 1.165) is 20.5 Å². The predicted molar refractivity (Wildman–Crippen MR) is 88.6 cm³/mol. The number of thiophene rings is 2. The van der Waals surface area contributed by atoms with Gasteiger partial charge in [0, 0.05) is 25.9 Å². The zero-order chi connectivity index (χ0) is 15.7. The first-order valence-electron chi connectivity index (χ1n) is 6.19. The van der Waals surface area contributed by atoms with Gasteiger partial charge in [0.1, 0.15) is 0 Å². The molecule has 3 amide bonds. The topological polar surface area (TPSA) is 107 Å². The van der Waals surface area contributed by atoms with Crippen molar-refractivity contribution < 1.29 is 14.3 Å². The standard InChI is InChI=1S/C14H11N3O3S2/c15-13(18)17-9-5-11(22-12(9)20-14(16)19)8-6-21-10-4-2-1-3-7(8)10/h1-6H,(H2,16,19)(H3,15,17,18). The minimum atomic E-state index is -0.948. The van der Waals surface area contributed by atoms with Gasteiger partial charge < -0.3 is 21.5 Å². The second-order valence-corrected chi connectivity index (χ2v) is 6.29. The van der Waals surface area contributed by atoms with Crippen LogP contribution in [0.3, 0.4) is 0 Å². The zero-order valence-corrected chi connectivity index (χ0v) is 12.8. The normalized spacial score (nSPS) is 10.5. The van der Waals surface area contributed by atoms with Gasteiger partial charge in [0.15, 0.2) is 0 Å². The Balaban J connectivity index is 2.08. The first-order valence-corrected chi connectivity index (χ1v) is 7.88. The van der Waals surface area contributed by atoms with Gasteiger partial charge in [-0.25, -0.2) is 9.59 Å². The highest BCUT2D eigenvalue weighted by Gasteiger charge is 2.17. The Labute approximate surface area is 133 Å². The van der Waals surface area contributed by atoms with E-state index in [2.05, 4.69) is 5.32 Å². The van der Waals surface area contributed by atoms with Crippen LogP contribution in [-0.4, -0.2) is 12.1 Å². The highest BCUT2D eigenvalue weighted by molar-refractivity contribution is 7.20. The van der Waals surface area contributed by atoms with E-state index in [1.54, 1.807) is 17.4 Å². The number of carbonyl (C=O) groups is 2. The molecule has 0 unspecified atom stereocenters. The lowest BCUT2D eigenvalue weighted by molar-refractivity contribution is 0.212. The number of urea groups is 1. The minimum Gasteiger partial charge on any atom is -0.397 e. The fraction of sp³-hybridized carbons (Fsp3) is 0. The maximum absolute atomic E-state index is 11.1. The number of ether oxygens (including phenoxy) is 1. The van der Waals surface area contributed by atoms with Gasteiger partial charge in [-0.15, -0.1) is 11.3 Å². The number of fused-ring (bicyclic) bond motifs is 1. The summed E-state index contributed by atoms with van der Waals surface area (Å²) in [4.78, 5) is 22.9. The Morgan fingerprint density at radius 3 is 2.68 bits per heavy atom. The molecular weight excluding hydrogens is 322 g/mol. The van der Waals surface area contributed by atoms with Crippen LogP contribution in [0.5, 0.6) is 5.06 Å². The van der Waals surface area contributed by atoms with Crippen LogP contribution < -0.4 is 21.5 Å². The van der Waals surface area contributed by atoms with Gasteiger partial charge in [-0.3, -0.25) is 0 Å². The van der Waals surface area contributed by atoms with Crippen LogP contribution in [0.25, 0.3) is 20.5 Å². The van der Waals surface area contributed by atoms with Crippen LogP contribution >= 0.6 is 22.7 Å². The first-order chi connectivity index (χ1) is 10.5. The number of anilines is 1. The fourth-order valence-corrected chi connectivity index (χ4v) is 4.10. The summed E-state index contributed by atoms with van der Waals surface area (Å²) in [6, 6.07) is 8.93. The van der Waals surface area contributed by atoms with Crippen molar-refractivity contribution in [3.05, 3.63) is 35.7 Å². The summed E-state index contributed by atoms with van der Waals surface area (Å²) in [5.41, 5.74) is 11.5. The summed E-state index contributed by atoms with van der Waals surface area (Å²) >= 11 is 2.83. The van der Waals surface area contributed by atoms with E-state index in [9.17, 15) is 9.59 Å². The van der Waals surface area contributed by atoms with Gasteiger partial charge in [0.05, 0.1) is 5.69 Å². The van der Waals surface area contributed by atoms with Crippen molar-refractivity contribution in [2.45, 2.75) is 0 Å². The predicted octanol–water partition coefficient (Wildman–Crippen LogP) is 3.58. The van der Waals surface area contributed by atoms with Crippen LogP contribution in [-0.2, 0) is 0 Å². The highest BCUT2D eigenvalue weighted by atomic mass is 32.1. The smallest absolute Gasteiger partial charge is 0.397 e. The van der Waals surface area contributed by atoms with E-state index in [1.165, 1.54) is 11.3 Å². The SMILES string of the molecule is NC(=O)Nc1cc(-c2csc3ccccc23)sc1OC(N)=O. The van der Waals surface area contributed by atoms with Gasteiger partial charge in [-0.05, 0) is 12.1 Å². The number of carbonyl (C=O) groups excluding carboxylic acids is 2. The molecule has 2 heterocycles. The van der Waals surface area contributed by atoms with Crippen LogP contribution in [0.1, 0.15) is 0 Å². The lowest BCUT2D eigenvalue weighted by Gasteiger charge is -2.01. The molecule has 5 N–H and O–H groups in total. The van der Waals surface area contributed by atoms with E-state index >= 15 is 0 Å². The maximum Gasteiger partial charge on any atom is 0.410 e. The summed E-state index contributed by atoms with van der Waals surface area (Å²) in [6.45, 7) is 0. The summed E-state index contributed by atoms with van der Waals surface area (Å²) in [6.07, 6.45) is -0.948. The number of nitrogens with one attached hydrogen (secondary N) is 1. The van der Waals surface area contributed by atoms with Crippen molar-refractivity contribution in [3.63, 3.8) is 0 Å². The van der Waals surface area contributed by atoms with Gasteiger partial charge in [0.2, 0.25) is 5.06 Å². The van der Waals surface area contributed by atoms with Crippen molar-refractivity contribution in [2.75, 3.05) is 5.32 Å². The molecular formula is C14H11N3O3S2. The molecule has 0 atom stereocenters. The molecule has 0 aliphatic rings. The average Bonchev–Trinajstić information content (AvgIpc) is 3.02. The van der Waals surface area contributed by atoms with E-state index in [0.29, 0.717) is 5.69 Å². The van der Waals surface area contributed by atoms with E-state index in [-0.39, 0.29) is 5.06 Å². The second-order valence-electron chi connectivity index (χ2n) is 4.37. The van der Waals surface area contributed by atoms with Crippen molar-refractivity contribution >= 4 is 50.6 Å². The molecule has 0 fully saturated rings. The van der Waals surface area contributed by atoms with Crippen molar-refractivity contribution in [2.24, 2.45) is 11.5 Å². The number of primary amides is 2. The van der Waals surface area contributed by atoms with Gasteiger partial charge in [0.25, 0.3) is 0 Å². The van der Waals surface area contributed by atoms with Crippen LogP contribution in [0.15, 0.2) is 35.7 Å². The monoisotopic (exact) mass is 333 g/mol. The molecule has 0 radical (unpaired) electrons. The van der Waals surface area contributed by atoms with Crippen LogP contribution in [0.4, 0.5) is 15.3 Å². The van der Waals surface area contributed by atoms with E-state index in [4.69, 9.17) is 16.2 Å². The van der Waals surface area contributed by atoms with Crippen molar-refractivity contribution in [1.29, 1.82) is 0 Å². The molecule has 8 heteroatoms. The Kier molecular flexibility index (Phi) is 3.70. The average molecular weight is 333 g/mol. The molecule has 0 bridgehead atoms. The molecule has 0 saturated carbocycles. The van der Waals surface area contributed by atoms with Gasteiger partial charge in [-0.1, -0.05) is 29.5 Å². The molecule has 22 heavy (non-hydrogen) atoms. The van der Waals surface area contributed by atoms with E-state index in [1.807, 2.05) is 29.6 Å². The van der Waals surface area contributed by atoms with Gasteiger partial charge in [-0.2, -0.15) is 0 Å². The number of benzene rings is 1. The first kappa shape index (κ1) is 14.4. The second kappa shape index (κ2) is 5.66. The molecule has 0 aliphatic carbocycles. The zero-order valence-electron chi connectivity index (χ0n) is 11.2. The molecule has 1 aromatic carbocycles. The molecule has 2 aromatic heterocycles. The summed E-state index contributed by atoms with van der Waals surface area (Å²) in [5, 5.41) is 5.73. The Hall–Kier alpha value is -2.58. The number of hydrogen-bond acceptors (Lipinski definition) is 5. The lowest BCUT2D eigenvalue weighted by Crippen LogP contribution is -2.21. The molecule has 0 spiro atoms. The van der Waals surface area contributed by atoms with Crippen LogP contribution in [0.2, 0.25) is 0 Å². The Morgan fingerprint density at radius 1 is 1.18 bits per heavy atom. The highest BCUT2D eigenvalue weighted by Crippen LogP contribution is 2.44. The van der Waals surface area contributed by atoms with Crippen LogP contribution in [0, 0.1) is 0 Å². The number of nitrogens with two attached hydrogens (primary N) is 2. The molecule has 6 nitrogen and oxygen atoms in total. The molecule has 0 saturated heterocycles. The Morgan fingerprint density at radius 2 is 1.95 bits per heavy atom. The molecule has 3 aromatic rings.